The molecule has 1 N–H and O–H groups in total. The molecule has 170 valence electrons. The Morgan fingerprint density at radius 3 is 2.47 bits per heavy atom. The molecule has 0 atom stereocenters. The van der Waals surface area contributed by atoms with Gasteiger partial charge in [0.2, 0.25) is 5.91 Å². The van der Waals surface area contributed by atoms with Gasteiger partial charge in [-0.05, 0) is 25.1 Å². The lowest BCUT2D eigenvalue weighted by molar-refractivity contribution is -0.116. The number of carbonyl (C=O) groups excluding carboxylic acids is 1. The third-order valence-corrected chi connectivity index (χ3v) is 6.00. The minimum absolute atomic E-state index is 0.0113. The summed E-state index contributed by atoms with van der Waals surface area (Å²) < 4.78 is 72.4. The number of aromatic nitrogens is 1. The van der Waals surface area contributed by atoms with Crippen molar-refractivity contribution < 1.29 is 35.5 Å². The molecule has 0 fully saturated rings. The van der Waals surface area contributed by atoms with Crippen molar-refractivity contribution >= 4 is 21.4 Å². The van der Waals surface area contributed by atoms with E-state index in [1.165, 1.54) is 13.3 Å². The maximum atomic E-state index is 12.8. The maximum Gasteiger partial charge on any atom is 0.501 e. The van der Waals surface area contributed by atoms with Crippen molar-refractivity contribution in [1.82, 2.24) is 4.98 Å². The minimum Gasteiger partial charge on any atom is -0.495 e. The highest BCUT2D eigenvalue weighted by Crippen LogP contribution is 2.34. The fourth-order valence-electron chi connectivity index (χ4n) is 2.80. The molecule has 0 spiro atoms. The van der Waals surface area contributed by atoms with Gasteiger partial charge >= 0.3 is 5.51 Å². The highest BCUT2D eigenvalue weighted by molar-refractivity contribution is 7.92. The van der Waals surface area contributed by atoms with E-state index in [9.17, 15) is 26.4 Å². The number of ether oxygens (including phenoxy) is 1. The molecule has 3 aromatic rings. The summed E-state index contributed by atoms with van der Waals surface area (Å²) in [5, 5.41) is 2.38. The number of amides is 1. The molecular formula is C21H19F3N2O5S. The summed E-state index contributed by atoms with van der Waals surface area (Å²) in [6, 6.07) is 10.1. The number of carbonyl (C=O) groups is 1. The Morgan fingerprint density at radius 1 is 1.16 bits per heavy atom. The molecule has 3 rings (SSSR count). The van der Waals surface area contributed by atoms with Crippen LogP contribution in [0.5, 0.6) is 5.75 Å². The van der Waals surface area contributed by atoms with Crippen LogP contribution in [0.25, 0.3) is 11.3 Å². The van der Waals surface area contributed by atoms with Crippen LogP contribution in [-0.4, -0.2) is 31.9 Å². The van der Waals surface area contributed by atoms with Gasteiger partial charge in [0.05, 0.1) is 23.9 Å². The molecule has 11 heteroatoms. The van der Waals surface area contributed by atoms with E-state index < -0.39 is 26.1 Å². The Hall–Kier alpha value is -3.34. The smallest absolute Gasteiger partial charge is 0.495 e. The van der Waals surface area contributed by atoms with Gasteiger partial charge in [-0.25, -0.2) is 13.4 Å². The SMILES string of the molecule is COc1ccc(S(=O)(=O)C(F)(F)F)cc1NC(=O)CCc1ncc(-c2ccc(C)cc2)o1. The molecule has 0 unspecified atom stereocenters. The number of hydrogen-bond donors (Lipinski definition) is 1. The van der Waals surface area contributed by atoms with Crippen molar-refractivity contribution in [2.75, 3.05) is 12.4 Å². The van der Waals surface area contributed by atoms with Gasteiger partial charge in [0.25, 0.3) is 9.84 Å². The van der Waals surface area contributed by atoms with Crippen molar-refractivity contribution in [1.29, 1.82) is 0 Å². The average Bonchev–Trinajstić information content (AvgIpc) is 3.21. The summed E-state index contributed by atoms with van der Waals surface area (Å²) in [6.07, 6.45) is 1.56. The predicted octanol–water partition coefficient (Wildman–Crippen LogP) is 4.52. The van der Waals surface area contributed by atoms with Gasteiger partial charge in [0.15, 0.2) is 11.7 Å². The Bertz CT molecular complexity index is 1220. The van der Waals surface area contributed by atoms with E-state index in [0.29, 0.717) is 17.7 Å². The van der Waals surface area contributed by atoms with Crippen LogP contribution in [0.2, 0.25) is 0 Å². The van der Waals surface area contributed by atoms with Crippen molar-refractivity contribution in [2.45, 2.75) is 30.2 Å². The molecule has 0 aliphatic heterocycles. The summed E-state index contributed by atoms with van der Waals surface area (Å²) >= 11 is 0. The molecule has 0 radical (unpaired) electrons. The number of sulfone groups is 1. The zero-order valence-corrected chi connectivity index (χ0v) is 17.9. The van der Waals surface area contributed by atoms with E-state index in [0.717, 1.165) is 23.3 Å². The van der Waals surface area contributed by atoms with Gasteiger partial charge < -0.3 is 14.5 Å². The third kappa shape index (κ3) is 5.10. The second-order valence-corrected chi connectivity index (χ2v) is 8.78. The molecule has 7 nitrogen and oxygen atoms in total. The Labute approximate surface area is 182 Å². The monoisotopic (exact) mass is 468 g/mol. The van der Waals surface area contributed by atoms with Crippen LogP contribution in [0, 0.1) is 6.92 Å². The van der Waals surface area contributed by atoms with Gasteiger partial charge in [-0.3, -0.25) is 4.79 Å². The third-order valence-electron chi connectivity index (χ3n) is 4.52. The molecule has 0 aliphatic carbocycles. The molecule has 32 heavy (non-hydrogen) atoms. The zero-order chi connectivity index (χ0) is 23.5. The number of nitrogens with zero attached hydrogens (tertiary/aromatic N) is 1. The van der Waals surface area contributed by atoms with Crippen molar-refractivity contribution in [3.05, 3.63) is 60.1 Å². The predicted molar refractivity (Wildman–Crippen MR) is 110 cm³/mol. The van der Waals surface area contributed by atoms with Crippen LogP contribution in [0.4, 0.5) is 18.9 Å². The number of oxazole rings is 1. The van der Waals surface area contributed by atoms with Crippen molar-refractivity contribution in [2.24, 2.45) is 0 Å². The largest absolute Gasteiger partial charge is 0.501 e. The van der Waals surface area contributed by atoms with Crippen molar-refractivity contribution in [3.63, 3.8) is 0 Å². The normalized spacial score (nSPS) is 11.9. The van der Waals surface area contributed by atoms with Crippen LogP contribution in [0.15, 0.2) is 58.0 Å². The number of anilines is 1. The number of alkyl halides is 3. The lowest BCUT2D eigenvalue weighted by Crippen LogP contribution is -2.23. The van der Waals surface area contributed by atoms with Gasteiger partial charge in [-0.15, -0.1) is 0 Å². The van der Waals surface area contributed by atoms with E-state index >= 15 is 0 Å². The van der Waals surface area contributed by atoms with Gasteiger partial charge in [0, 0.05) is 18.4 Å². The van der Waals surface area contributed by atoms with Crippen LogP contribution in [0.1, 0.15) is 17.9 Å². The standard InChI is InChI=1S/C21H19F3N2O5S/c1-13-3-5-14(6-4-13)18-12-25-20(31-18)10-9-19(27)26-16-11-15(7-8-17(16)30-2)32(28,29)21(22,23)24/h3-8,11-12H,9-10H2,1-2H3,(H,26,27). The van der Waals surface area contributed by atoms with E-state index in [2.05, 4.69) is 10.3 Å². The van der Waals surface area contributed by atoms with Gasteiger partial charge in [-0.2, -0.15) is 13.2 Å². The number of benzene rings is 2. The fraction of sp³-hybridized carbons (Fsp3) is 0.238. The molecule has 0 saturated heterocycles. The molecule has 2 aromatic carbocycles. The van der Waals surface area contributed by atoms with E-state index in [1.54, 1.807) is 0 Å². The number of nitrogens with one attached hydrogen (secondary N) is 1. The van der Waals surface area contributed by atoms with Crippen LogP contribution < -0.4 is 10.1 Å². The molecule has 0 saturated carbocycles. The first kappa shape index (κ1) is 23.3. The first-order chi connectivity index (χ1) is 15.0. The average molecular weight is 468 g/mol. The Morgan fingerprint density at radius 2 is 1.84 bits per heavy atom. The summed E-state index contributed by atoms with van der Waals surface area (Å²) in [4.78, 5) is 15.4. The number of hydrogen-bond acceptors (Lipinski definition) is 6. The highest BCUT2D eigenvalue weighted by atomic mass is 32.2. The number of methoxy groups -OCH3 is 1. The summed E-state index contributed by atoms with van der Waals surface area (Å²) in [7, 11) is -4.33. The van der Waals surface area contributed by atoms with Gasteiger partial charge in [0.1, 0.15) is 5.75 Å². The maximum absolute atomic E-state index is 12.8. The van der Waals surface area contributed by atoms with Crippen LogP contribution in [0.3, 0.4) is 0 Å². The van der Waals surface area contributed by atoms with E-state index in [1.807, 2.05) is 31.2 Å². The van der Waals surface area contributed by atoms with Crippen LogP contribution >= 0.6 is 0 Å². The Balaban J connectivity index is 1.70. The lowest BCUT2D eigenvalue weighted by atomic mass is 10.1. The van der Waals surface area contributed by atoms with Crippen LogP contribution in [-0.2, 0) is 21.1 Å². The number of rotatable bonds is 7. The first-order valence-corrected chi connectivity index (χ1v) is 10.8. The zero-order valence-electron chi connectivity index (χ0n) is 17.1. The molecule has 1 aromatic heterocycles. The fourth-order valence-corrected chi connectivity index (χ4v) is 3.58. The van der Waals surface area contributed by atoms with E-state index in [4.69, 9.17) is 9.15 Å². The van der Waals surface area contributed by atoms with Crippen molar-refractivity contribution in [3.8, 4) is 17.1 Å². The minimum atomic E-state index is -5.57. The molecule has 1 heterocycles. The second kappa shape index (κ2) is 9.03. The number of aryl methyl sites for hydroxylation is 2. The quantitative estimate of drug-likeness (QED) is 0.547. The Kier molecular flexibility index (Phi) is 6.58. The summed E-state index contributed by atoms with van der Waals surface area (Å²) in [5.41, 5.74) is -3.75. The molecule has 0 aliphatic rings. The number of halogens is 3. The summed E-state index contributed by atoms with van der Waals surface area (Å²) in [5.74, 6) is 0.264. The second-order valence-electron chi connectivity index (χ2n) is 6.84. The lowest BCUT2D eigenvalue weighted by Gasteiger charge is -2.13. The molecule has 1 amide bonds. The van der Waals surface area contributed by atoms with Gasteiger partial charge in [-0.1, -0.05) is 29.8 Å². The molecule has 0 bridgehead atoms. The topological polar surface area (TPSA) is 98.5 Å². The highest BCUT2D eigenvalue weighted by Gasteiger charge is 2.47. The van der Waals surface area contributed by atoms with E-state index in [-0.39, 0.29) is 24.3 Å². The molecular weight excluding hydrogens is 449 g/mol. The first-order valence-electron chi connectivity index (χ1n) is 9.32. The summed E-state index contributed by atoms with van der Waals surface area (Å²) in [6.45, 7) is 1.96.